The first-order chi connectivity index (χ1) is 10.9. The second kappa shape index (κ2) is 9.87. The van der Waals surface area contributed by atoms with Gasteiger partial charge in [0, 0.05) is 18.4 Å². The summed E-state index contributed by atoms with van der Waals surface area (Å²) in [5.74, 6) is 0.325. The summed E-state index contributed by atoms with van der Waals surface area (Å²) in [4.78, 5) is 22.6. The number of carbonyl (C=O) groups is 2. The summed E-state index contributed by atoms with van der Waals surface area (Å²) in [6.45, 7) is 4.23. The van der Waals surface area contributed by atoms with Crippen molar-refractivity contribution in [3.8, 4) is 5.75 Å². The van der Waals surface area contributed by atoms with E-state index in [1.807, 2.05) is 24.3 Å². The molecule has 1 rings (SSSR count). The van der Waals surface area contributed by atoms with Gasteiger partial charge in [0.05, 0.1) is 13.2 Å². The van der Waals surface area contributed by atoms with Crippen molar-refractivity contribution in [3.05, 3.63) is 29.8 Å². The Morgan fingerprint density at radius 1 is 1.17 bits per heavy atom. The van der Waals surface area contributed by atoms with Crippen LogP contribution >= 0.6 is 0 Å². The van der Waals surface area contributed by atoms with Gasteiger partial charge in [-0.15, -0.1) is 0 Å². The van der Waals surface area contributed by atoms with Crippen molar-refractivity contribution in [3.63, 3.8) is 0 Å². The van der Waals surface area contributed by atoms with E-state index in [2.05, 4.69) is 19.2 Å². The third-order valence-electron chi connectivity index (χ3n) is 3.60. The number of aliphatic carboxylic acids is 1. The van der Waals surface area contributed by atoms with Crippen LogP contribution in [0.5, 0.6) is 5.75 Å². The summed E-state index contributed by atoms with van der Waals surface area (Å²) in [6.07, 6.45) is 2.37. The fraction of sp³-hybridized carbons (Fsp3) is 0.556. The number of benzene rings is 1. The van der Waals surface area contributed by atoms with E-state index < -0.39 is 5.97 Å². The van der Waals surface area contributed by atoms with Gasteiger partial charge in [0.25, 0.3) is 0 Å². The van der Waals surface area contributed by atoms with Crippen molar-refractivity contribution in [2.24, 2.45) is 5.92 Å². The number of rotatable bonds is 10. The van der Waals surface area contributed by atoms with Crippen molar-refractivity contribution in [1.82, 2.24) is 5.32 Å². The molecule has 0 aliphatic rings. The Balaban J connectivity index is 2.67. The quantitative estimate of drug-likeness (QED) is 0.646. The fourth-order valence-electron chi connectivity index (χ4n) is 2.52. The first-order valence-corrected chi connectivity index (χ1v) is 8.08. The van der Waals surface area contributed by atoms with Gasteiger partial charge in [0.15, 0.2) is 0 Å². The Hall–Kier alpha value is -2.04. The summed E-state index contributed by atoms with van der Waals surface area (Å²) in [6, 6.07) is 7.60. The van der Waals surface area contributed by atoms with Gasteiger partial charge in [-0.05, 0) is 31.2 Å². The normalized spacial score (nSPS) is 12.0. The van der Waals surface area contributed by atoms with Crippen LogP contribution in [-0.2, 0) is 9.59 Å². The highest BCUT2D eigenvalue weighted by Gasteiger charge is 2.19. The molecular formula is C18H27NO4. The van der Waals surface area contributed by atoms with Crippen molar-refractivity contribution in [2.75, 3.05) is 7.11 Å². The maximum atomic E-state index is 12.2. The average Bonchev–Trinajstić information content (AvgIpc) is 2.50. The van der Waals surface area contributed by atoms with Gasteiger partial charge in [-0.1, -0.05) is 32.0 Å². The lowest BCUT2D eigenvalue weighted by Crippen LogP contribution is -2.29. The van der Waals surface area contributed by atoms with Crippen LogP contribution in [-0.4, -0.2) is 24.1 Å². The number of carboxylic acid groups (broad SMARTS) is 1. The average molecular weight is 321 g/mol. The van der Waals surface area contributed by atoms with Crippen molar-refractivity contribution in [2.45, 2.75) is 52.0 Å². The van der Waals surface area contributed by atoms with Gasteiger partial charge >= 0.3 is 5.97 Å². The van der Waals surface area contributed by atoms with E-state index in [0.29, 0.717) is 25.2 Å². The number of para-hydroxylation sites is 1. The number of ether oxygens (including phenoxy) is 1. The van der Waals surface area contributed by atoms with Crippen molar-refractivity contribution >= 4 is 11.9 Å². The van der Waals surface area contributed by atoms with E-state index in [9.17, 15) is 9.59 Å². The van der Waals surface area contributed by atoms with Crippen LogP contribution in [0.2, 0.25) is 0 Å². The molecule has 1 atom stereocenters. The molecule has 5 heteroatoms. The van der Waals surface area contributed by atoms with Crippen LogP contribution in [0.15, 0.2) is 24.3 Å². The van der Waals surface area contributed by atoms with Gasteiger partial charge in [-0.2, -0.15) is 0 Å². The number of unbranched alkanes of at least 4 members (excludes halogenated alkanes) is 1. The van der Waals surface area contributed by atoms with E-state index in [4.69, 9.17) is 9.84 Å². The van der Waals surface area contributed by atoms with E-state index in [-0.39, 0.29) is 18.4 Å². The molecule has 0 heterocycles. The molecule has 0 radical (unpaired) electrons. The SMILES string of the molecule is COc1ccccc1C(CC(C)C)NC(=O)CCCCC(=O)O. The molecule has 0 aromatic heterocycles. The molecule has 1 aromatic rings. The molecule has 0 spiro atoms. The molecular weight excluding hydrogens is 294 g/mol. The maximum Gasteiger partial charge on any atom is 0.303 e. The summed E-state index contributed by atoms with van der Waals surface area (Å²) in [5, 5.41) is 11.7. The number of carboxylic acids is 1. The van der Waals surface area contributed by atoms with E-state index in [0.717, 1.165) is 17.7 Å². The zero-order valence-corrected chi connectivity index (χ0v) is 14.2. The molecule has 128 valence electrons. The van der Waals surface area contributed by atoms with Crippen LogP contribution in [0, 0.1) is 5.92 Å². The molecule has 0 fully saturated rings. The minimum atomic E-state index is -0.822. The second-order valence-electron chi connectivity index (χ2n) is 6.09. The van der Waals surface area contributed by atoms with Crippen molar-refractivity contribution < 1.29 is 19.4 Å². The Kier molecular flexibility index (Phi) is 8.16. The zero-order chi connectivity index (χ0) is 17.2. The minimum absolute atomic E-state index is 0.0491. The molecule has 23 heavy (non-hydrogen) atoms. The van der Waals surface area contributed by atoms with Crippen LogP contribution in [0.1, 0.15) is 57.6 Å². The standard InChI is InChI=1S/C18H27NO4/c1-13(2)12-15(14-8-4-5-9-16(14)23-3)19-17(20)10-6-7-11-18(21)22/h4-5,8-9,13,15H,6-7,10-12H2,1-3H3,(H,19,20)(H,21,22). The van der Waals surface area contributed by atoms with Crippen LogP contribution in [0.4, 0.5) is 0 Å². The predicted octanol–water partition coefficient (Wildman–Crippen LogP) is 3.54. The van der Waals surface area contributed by atoms with Gasteiger partial charge in [0.1, 0.15) is 5.75 Å². The summed E-state index contributed by atoms with van der Waals surface area (Å²) < 4.78 is 5.40. The Labute approximate surface area is 138 Å². The first kappa shape index (κ1) is 19.0. The molecule has 1 aromatic carbocycles. The maximum absolute atomic E-state index is 12.2. The Morgan fingerprint density at radius 2 is 1.83 bits per heavy atom. The van der Waals surface area contributed by atoms with Gasteiger partial charge in [-0.25, -0.2) is 0 Å². The fourth-order valence-corrected chi connectivity index (χ4v) is 2.52. The van der Waals surface area contributed by atoms with Gasteiger partial charge in [-0.3, -0.25) is 9.59 Å². The predicted molar refractivity (Wildman–Crippen MR) is 89.4 cm³/mol. The summed E-state index contributed by atoms with van der Waals surface area (Å²) in [5.41, 5.74) is 0.975. The molecule has 1 amide bonds. The van der Waals surface area contributed by atoms with Crippen molar-refractivity contribution in [1.29, 1.82) is 0 Å². The van der Waals surface area contributed by atoms with Crippen LogP contribution in [0.25, 0.3) is 0 Å². The zero-order valence-electron chi connectivity index (χ0n) is 14.2. The highest BCUT2D eigenvalue weighted by Crippen LogP contribution is 2.29. The molecule has 0 bridgehead atoms. The third-order valence-corrected chi connectivity index (χ3v) is 3.60. The number of carbonyl (C=O) groups excluding carboxylic acids is 1. The molecule has 0 saturated carbocycles. The van der Waals surface area contributed by atoms with Gasteiger partial charge in [0.2, 0.25) is 5.91 Å². The number of nitrogens with one attached hydrogen (secondary N) is 1. The molecule has 0 saturated heterocycles. The number of methoxy groups -OCH3 is 1. The van der Waals surface area contributed by atoms with E-state index in [1.165, 1.54) is 0 Å². The summed E-state index contributed by atoms with van der Waals surface area (Å²) in [7, 11) is 1.62. The molecule has 2 N–H and O–H groups in total. The van der Waals surface area contributed by atoms with E-state index >= 15 is 0 Å². The Morgan fingerprint density at radius 3 is 2.43 bits per heavy atom. The molecule has 5 nitrogen and oxygen atoms in total. The minimum Gasteiger partial charge on any atom is -0.496 e. The monoisotopic (exact) mass is 321 g/mol. The van der Waals surface area contributed by atoms with Gasteiger partial charge < -0.3 is 15.2 Å². The van der Waals surface area contributed by atoms with Crippen LogP contribution < -0.4 is 10.1 Å². The smallest absolute Gasteiger partial charge is 0.303 e. The Bertz CT molecular complexity index is 513. The second-order valence-corrected chi connectivity index (χ2v) is 6.09. The number of hydrogen-bond donors (Lipinski definition) is 2. The van der Waals surface area contributed by atoms with Crippen LogP contribution in [0.3, 0.4) is 0 Å². The topological polar surface area (TPSA) is 75.6 Å². The largest absolute Gasteiger partial charge is 0.496 e. The molecule has 1 unspecified atom stereocenters. The summed E-state index contributed by atoms with van der Waals surface area (Å²) >= 11 is 0. The lowest BCUT2D eigenvalue weighted by molar-refractivity contribution is -0.137. The van der Waals surface area contributed by atoms with E-state index in [1.54, 1.807) is 7.11 Å². The first-order valence-electron chi connectivity index (χ1n) is 8.08. The molecule has 0 aliphatic carbocycles. The number of amides is 1. The third kappa shape index (κ3) is 7.17. The number of hydrogen-bond acceptors (Lipinski definition) is 3. The lowest BCUT2D eigenvalue weighted by atomic mass is 9.96. The highest BCUT2D eigenvalue weighted by molar-refractivity contribution is 5.76. The molecule has 0 aliphatic heterocycles. The highest BCUT2D eigenvalue weighted by atomic mass is 16.5. The lowest BCUT2D eigenvalue weighted by Gasteiger charge is -2.23.